The van der Waals surface area contributed by atoms with E-state index in [-0.39, 0.29) is 16.8 Å². The van der Waals surface area contributed by atoms with Crippen LogP contribution in [-0.4, -0.2) is 10.2 Å². The molecule has 0 aliphatic rings. The molecule has 0 fully saturated rings. The van der Waals surface area contributed by atoms with E-state index in [1.807, 2.05) is 0 Å². The van der Waals surface area contributed by atoms with Crippen molar-refractivity contribution in [1.29, 1.82) is 0 Å². The van der Waals surface area contributed by atoms with E-state index < -0.39 is 11.7 Å². The molecule has 0 saturated heterocycles. The van der Waals surface area contributed by atoms with E-state index in [1.165, 1.54) is 19.9 Å². The number of aryl methyl sites for hydroxylation is 1. The third kappa shape index (κ3) is 2.07. The average Bonchev–Trinajstić information content (AvgIpc) is 2.07. The summed E-state index contributed by atoms with van der Waals surface area (Å²) in [6.45, 7) is 2.94. The molecule has 0 spiro atoms. The second-order valence-corrected chi connectivity index (χ2v) is 3.24. The molecule has 0 radical (unpaired) electrons. The molecule has 0 aromatic carbocycles. The molecule has 0 aliphatic carbocycles. The quantitative estimate of drug-likeness (QED) is 0.716. The van der Waals surface area contributed by atoms with Crippen molar-refractivity contribution >= 4 is 16.8 Å². The van der Waals surface area contributed by atoms with Gasteiger partial charge in [0.1, 0.15) is 5.69 Å². The molecule has 1 aromatic heterocycles. The lowest BCUT2D eigenvalue weighted by atomic mass is 10.1. The van der Waals surface area contributed by atoms with Gasteiger partial charge >= 0.3 is 0 Å². The minimum atomic E-state index is -2.69. The van der Waals surface area contributed by atoms with E-state index in [9.17, 15) is 13.6 Å². The van der Waals surface area contributed by atoms with Gasteiger partial charge in [-0.25, -0.2) is 8.78 Å². The summed E-state index contributed by atoms with van der Waals surface area (Å²) in [5, 5.41) is -0.741. The predicted molar refractivity (Wildman–Crippen MR) is 48.9 cm³/mol. The molecule has 2 nitrogen and oxygen atoms in total. The highest BCUT2D eigenvalue weighted by Crippen LogP contribution is 2.24. The van der Waals surface area contributed by atoms with Crippen molar-refractivity contribution in [3.05, 3.63) is 28.6 Å². The molecule has 1 rings (SSSR count). The van der Waals surface area contributed by atoms with Crippen molar-refractivity contribution in [2.75, 3.05) is 0 Å². The lowest BCUT2D eigenvalue weighted by Crippen LogP contribution is -2.04. The van der Waals surface area contributed by atoms with Gasteiger partial charge in [-0.3, -0.25) is 9.78 Å². The zero-order valence-corrected chi connectivity index (χ0v) is 8.40. The van der Waals surface area contributed by atoms with Gasteiger partial charge in [0.15, 0.2) is 0 Å². The average molecular weight is 220 g/mol. The van der Waals surface area contributed by atoms with Crippen LogP contribution < -0.4 is 0 Å². The summed E-state index contributed by atoms with van der Waals surface area (Å²) in [5.41, 5.74) is 0.212. The Labute approximate surface area is 84.9 Å². The molecule has 0 saturated carbocycles. The van der Waals surface area contributed by atoms with Gasteiger partial charge in [-0.2, -0.15) is 0 Å². The molecule has 0 N–H and O–H groups in total. The fourth-order valence-electron chi connectivity index (χ4n) is 1.18. The Balaban J connectivity index is 3.40. The summed E-state index contributed by atoms with van der Waals surface area (Å²) >= 11 is 5.25. The summed E-state index contributed by atoms with van der Waals surface area (Å²) in [5.74, 6) is 0. The van der Waals surface area contributed by atoms with Gasteiger partial charge in [-0.1, -0.05) is 0 Å². The molecule has 1 heterocycles. The molecule has 5 heteroatoms. The van der Waals surface area contributed by atoms with Crippen LogP contribution in [0.15, 0.2) is 6.07 Å². The maximum absolute atomic E-state index is 12.4. The largest absolute Gasteiger partial charge is 0.280 e. The van der Waals surface area contributed by atoms with Crippen molar-refractivity contribution < 1.29 is 13.6 Å². The van der Waals surface area contributed by atoms with Crippen molar-refractivity contribution in [3.8, 4) is 0 Å². The van der Waals surface area contributed by atoms with Crippen LogP contribution in [0.5, 0.6) is 0 Å². The summed E-state index contributed by atoms with van der Waals surface area (Å²) in [6, 6.07) is 1.40. The molecule has 0 amide bonds. The van der Waals surface area contributed by atoms with Gasteiger partial charge in [0, 0.05) is 11.3 Å². The summed E-state index contributed by atoms with van der Waals surface area (Å²) < 4.78 is 24.9. The molecule has 76 valence electrons. The number of rotatable bonds is 2. The van der Waals surface area contributed by atoms with Crippen molar-refractivity contribution in [1.82, 2.24) is 4.98 Å². The first-order chi connectivity index (χ1) is 6.43. The zero-order chi connectivity index (χ0) is 10.9. The van der Waals surface area contributed by atoms with Gasteiger partial charge < -0.3 is 0 Å². The van der Waals surface area contributed by atoms with E-state index >= 15 is 0 Å². The third-order valence-electron chi connectivity index (χ3n) is 1.86. The highest BCUT2D eigenvalue weighted by molar-refractivity contribution is 6.67. The molecule has 0 bridgehead atoms. The minimum absolute atomic E-state index is 0.0921. The SMILES string of the molecule is Cc1cc(C(=O)Cl)c(C)c(C(F)F)n1. The zero-order valence-electron chi connectivity index (χ0n) is 7.64. The van der Waals surface area contributed by atoms with Gasteiger partial charge in [0.05, 0.1) is 0 Å². The predicted octanol–water partition coefficient (Wildman–Crippen LogP) is 3.02. The minimum Gasteiger partial charge on any atom is -0.276 e. The molecule has 1 aromatic rings. The Kier molecular flexibility index (Phi) is 3.16. The standard InChI is InChI=1S/C9H8ClF2NO/c1-4-3-6(8(10)14)5(2)7(13-4)9(11)12/h3,9H,1-2H3. The Bertz CT molecular complexity index is 379. The number of nitrogens with zero attached hydrogens (tertiary/aromatic N) is 1. The Morgan fingerprint density at radius 3 is 2.50 bits per heavy atom. The fraction of sp³-hybridized carbons (Fsp3) is 0.333. The fourth-order valence-corrected chi connectivity index (χ4v) is 1.37. The number of carbonyl (C=O) groups is 1. The summed E-state index contributed by atoms with van der Waals surface area (Å²) in [7, 11) is 0. The first-order valence-corrected chi connectivity index (χ1v) is 4.27. The van der Waals surface area contributed by atoms with Crippen LogP contribution in [-0.2, 0) is 0 Å². The van der Waals surface area contributed by atoms with E-state index in [2.05, 4.69) is 4.98 Å². The summed E-state index contributed by atoms with van der Waals surface area (Å²) in [4.78, 5) is 14.5. The van der Waals surface area contributed by atoms with E-state index in [4.69, 9.17) is 11.6 Å². The van der Waals surface area contributed by atoms with Crippen LogP contribution in [0.25, 0.3) is 0 Å². The Morgan fingerprint density at radius 2 is 2.07 bits per heavy atom. The molecule has 0 aliphatic heterocycles. The first kappa shape index (κ1) is 11.0. The van der Waals surface area contributed by atoms with Gasteiger partial charge in [-0.15, -0.1) is 0 Å². The highest BCUT2D eigenvalue weighted by Gasteiger charge is 2.18. The van der Waals surface area contributed by atoms with Crippen molar-refractivity contribution in [3.63, 3.8) is 0 Å². The Morgan fingerprint density at radius 1 is 1.50 bits per heavy atom. The van der Waals surface area contributed by atoms with Gasteiger partial charge in [0.25, 0.3) is 11.7 Å². The van der Waals surface area contributed by atoms with Crippen LogP contribution in [0.3, 0.4) is 0 Å². The molecule has 0 unspecified atom stereocenters. The van der Waals surface area contributed by atoms with Crippen molar-refractivity contribution in [2.24, 2.45) is 0 Å². The molecular weight excluding hydrogens is 212 g/mol. The normalized spacial score (nSPS) is 10.7. The second-order valence-electron chi connectivity index (χ2n) is 2.90. The number of halogens is 3. The number of hydrogen-bond acceptors (Lipinski definition) is 2. The molecule has 14 heavy (non-hydrogen) atoms. The van der Waals surface area contributed by atoms with Crippen LogP contribution in [0.4, 0.5) is 8.78 Å². The van der Waals surface area contributed by atoms with E-state index in [0.717, 1.165) is 0 Å². The van der Waals surface area contributed by atoms with Crippen LogP contribution in [0, 0.1) is 13.8 Å². The van der Waals surface area contributed by atoms with Gasteiger partial charge in [0.2, 0.25) is 0 Å². The molecular formula is C9H8ClF2NO. The number of pyridine rings is 1. The van der Waals surface area contributed by atoms with E-state index in [0.29, 0.717) is 5.69 Å². The monoisotopic (exact) mass is 219 g/mol. The van der Waals surface area contributed by atoms with Crippen LogP contribution in [0.1, 0.15) is 33.7 Å². The lowest BCUT2D eigenvalue weighted by molar-refractivity contribution is 0.107. The van der Waals surface area contributed by atoms with Crippen LogP contribution in [0.2, 0.25) is 0 Å². The highest BCUT2D eigenvalue weighted by atomic mass is 35.5. The topological polar surface area (TPSA) is 30.0 Å². The third-order valence-corrected chi connectivity index (χ3v) is 2.06. The summed E-state index contributed by atoms with van der Waals surface area (Å²) in [6.07, 6.45) is -2.69. The second kappa shape index (κ2) is 4.00. The van der Waals surface area contributed by atoms with Crippen molar-refractivity contribution in [2.45, 2.75) is 20.3 Å². The number of alkyl halides is 2. The smallest absolute Gasteiger partial charge is 0.276 e. The number of aromatic nitrogens is 1. The Hall–Kier alpha value is -1.03. The molecule has 0 atom stereocenters. The van der Waals surface area contributed by atoms with Gasteiger partial charge in [-0.05, 0) is 37.1 Å². The number of carbonyl (C=O) groups excluding carboxylic acids is 1. The lowest BCUT2D eigenvalue weighted by Gasteiger charge is -2.08. The van der Waals surface area contributed by atoms with E-state index in [1.54, 1.807) is 0 Å². The number of hydrogen-bond donors (Lipinski definition) is 0. The first-order valence-electron chi connectivity index (χ1n) is 3.89. The maximum Gasteiger partial charge on any atom is 0.280 e. The van der Waals surface area contributed by atoms with Crippen LogP contribution >= 0.6 is 11.6 Å². The maximum atomic E-state index is 12.4.